The minimum Gasteiger partial charge on any atom is -0.508 e. The van der Waals surface area contributed by atoms with Crippen LogP contribution in [0.4, 0.5) is 0 Å². The summed E-state index contributed by atoms with van der Waals surface area (Å²) in [6.07, 6.45) is -0.507. The van der Waals surface area contributed by atoms with Crippen molar-refractivity contribution in [3.05, 3.63) is 29.8 Å². The fraction of sp³-hybridized carbons (Fsp3) is 0.400. The van der Waals surface area contributed by atoms with Gasteiger partial charge in [0, 0.05) is 0 Å². The van der Waals surface area contributed by atoms with E-state index in [9.17, 15) is 0 Å². The van der Waals surface area contributed by atoms with Gasteiger partial charge >= 0.3 is 0 Å². The lowest BCUT2D eigenvalue weighted by atomic mass is 10.1. The van der Waals surface area contributed by atoms with Gasteiger partial charge in [0.2, 0.25) is 0 Å². The second-order valence-corrected chi connectivity index (χ2v) is 2.27. The van der Waals surface area contributed by atoms with E-state index in [0.29, 0.717) is 0 Å². The van der Waals surface area contributed by atoms with Gasteiger partial charge in [-0.05, 0) is 24.6 Å². The van der Waals surface area contributed by atoms with Crippen molar-refractivity contribution >= 4 is 0 Å². The summed E-state index contributed by atoms with van der Waals surface area (Å²) in [5.41, 5.74) is 0.736. The molecule has 1 aromatic rings. The lowest BCUT2D eigenvalue weighted by Crippen LogP contribution is -1.88. The highest BCUT2D eigenvalue weighted by Crippen LogP contribution is 2.16. The van der Waals surface area contributed by atoms with Crippen LogP contribution in [0.3, 0.4) is 0 Å². The average Bonchev–Trinajstić information content (AvgIpc) is 2.08. The van der Waals surface area contributed by atoms with Crippen LogP contribution in [-0.2, 0) is 0 Å². The molecule has 0 bridgehead atoms. The third-order valence-corrected chi connectivity index (χ3v) is 1.35. The molecule has 68 valence electrons. The van der Waals surface area contributed by atoms with Gasteiger partial charge < -0.3 is 10.2 Å². The number of hydrogen-bond acceptors (Lipinski definition) is 2. The van der Waals surface area contributed by atoms with Crippen LogP contribution >= 0.6 is 0 Å². The van der Waals surface area contributed by atoms with Gasteiger partial charge in [0.1, 0.15) is 5.75 Å². The maximum atomic E-state index is 9.04. The number of hydrogen-bond donors (Lipinski definition) is 2. The van der Waals surface area contributed by atoms with E-state index >= 15 is 0 Å². The number of benzene rings is 1. The molecule has 0 aliphatic carbocycles. The summed E-state index contributed by atoms with van der Waals surface area (Å²) in [6.45, 7) is 5.66. The molecule has 2 nitrogen and oxygen atoms in total. The molecule has 0 aliphatic rings. The highest BCUT2D eigenvalue weighted by atomic mass is 16.3. The van der Waals surface area contributed by atoms with Crippen LogP contribution < -0.4 is 0 Å². The molecule has 0 radical (unpaired) electrons. The van der Waals surface area contributed by atoms with Gasteiger partial charge in [-0.25, -0.2) is 0 Å². The van der Waals surface area contributed by atoms with E-state index in [2.05, 4.69) is 0 Å². The van der Waals surface area contributed by atoms with Crippen LogP contribution in [-0.4, -0.2) is 10.2 Å². The second-order valence-electron chi connectivity index (χ2n) is 2.27. The Balaban J connectivity index is 0.000000561. The quantitative estimate of drug-likeness (QED) is 0.676. The average molecular weight is 168 g/mol. The maximum Gasteiger partial charge on any atom is 0.115 e. The summed E-state index contributed by atoms with van der Waals surface area (Å²) < 4.78 is 0. The molecule has 1 unspecified atom stereocenters. The summed E-state index contributed by atoms with van der Waals surface area (Å²) in [4.78, 5) is 0. The smallest absolute Gasteiger partial charge is 0.115 e. The highest BCUT2D eigenvalue weighted by molar-refractivity contribution is 5.28. The van der Waals surface area contributed by atoms with Crippen LogP contribution in [0.5, 0.6) is 5.75 Å². The van der Waals surface area contributed by atoms with Gasteiger partial charge in [0.15, 0.2) is 0 Å². The lowest BCUT2D eigenvalue weighted by Gasteiger charge is -2.02. The predicted molar refractivity (Wildman–Crippen MR) is 50.1 cm³/mol. The Bertz CT molecular complexity index is 219. The molecule has 0 aliphatic heterocycles. The molecule has 0 fully saturated rings. The Labute approximate surface area is 73.5 Å². The lowest BCUT2D eigenvalue weighted by molar-refractivity contribution is 0.199. The first-order valence-corrected chi connectivity index (χ1v) is 4.17. The van der Waals surface area contributed by atoms with Crippen molar-refractivity contribution in [2.75, 3.05) is 0 Å². The van der Waals surface area contributed by atoms with Crippen LogP contribution in [0.1, 0.15) is 32.4 Å². The Morgan fingerprint density at radius 2 is 1.83 bits per heavy atom. The molecule has 1 rings (SSSR count). The van der Waals surface area contributed by atoms with Crippen molar-refractivity contribution in [3.63, 3.8) is 0 Å². The highest BCUT2D eigenvalue weighted by Gasteiger charge is 1.98. The summed E-state index contributed by atoms with van der Waals surface area (Å²) in [5, 5.41) is 18.0. The van der Waals surface area contributed by atoms with Crippen LogP contribution in [0.25, 0.3) is 0 Å². The van der Waals surface area contributed by atoms with Crippen molar-refractivity contribution in [3.8, 4) is 5.75 Å². The van der Waals surface area contributed by atoms with Crippen molar-refractivity contribution in [1.29, 1.82) is 0 Å². The minimum absolute atomic E-state index is 0.193. The number of aromatic hydroxyl groups is 1. The third-order valence-electron chi connectivity index (χ3n) is 1.35. The molecule has 1 aromatic carbocycles. The Hall–Kier alpha value is -1.02. The fourth-order valence-electron chi connectivity index (χ4n) is 0.785. The first-order chi connectivity index (χ1) is 5.70. The first-order valence-electron chi connectivity index (χ1n) is 4.17. The zero-order chi connectivity index (χ0) is 9.56. The normalized spacial score (nSPS) is 11.3. The number of phenols is 1. The number of aliphatic hydroxyl groups excluding tert-OH is 1. The van der Waals surface area contributed by atoms with Gasteiger partial charge in [0.05, 0.1) is 6.10 Å². The second kappa shape index (κ2) is 5.61. The van der Waals surface area contributed by atoms with Crippen LogP contribution in [0.15, 0.2) is 24.3 Å². The van der Waals surface area contributed by atoms with Gasteiger partial charge in [-0.15, -0.1) is 0 Å². The maximum absolute atomic E-state index is 9.04. The largest absolute Gasteiger partial charge is 0.508 e. The van der Waals surface area contributed by atoms with E-state index in [1.54, 1.807) is 31.2 Å². The molecular weight excluding hydrogens is 152 g/mol. The summed E-state index contributed by atoms with van der Waals surface area (Å²) in [6, 6.07) is 6.60. The topological polar surface area (TPSA) is 40.5 Å². The Morgan fingerprint density at radius 3 is 2.17 bits per heavy atom. The summed E-state index contributed by atoms with van der Waals surface area (Å²) in [5.74, 6) is 0.193. The van der Waals surface area contributed by atoms with Crippen molar-refractivity contribution in [1.82, 2.24) is 0 Å². The molecule has 2 N–H and O–H groups in total. The van der Waals surface area contributed by atoms with Gasteiger partial charge in [-0.1, -0.05) is 26.0 Å². The summed E-state index contributed by atoms with van der Waals surface area (Å²) in [7, 11) is 0. The predicted octanol–water partition coefficient (Wildman–Crippen LogP) is 2.47. The van der Waals surface area contributed by atoms with Crippen molar-refractivity contribution < 1.29 is 10.2 Å². The Morgan fingerprint density at radius 1 is 1.25 bits per heavy atom. The molecule has 2 heteroatoms. The molecule has 0 saturated heterocycles. The molecule has 0 heterocycles. The van der Waals surface area contributed by atoms with Crippen molar-refractivity contribution in [2.24, 2.45) is 0 Å². The fourth-order valence-corrected chi connectivity index (χ4v) is 0.785. The zero-order valence-electron chi connectivity index (χ0n) is 7.78. The summed E-state index contributed by atoms with van der Waals surface area (Å²) >= 11 is 0. The van der Waals surface area contributed by atoms with E-state index in [0.717, 1.165) is 5.56 Å². The molecule has 0 saturated carbocycles. The SMILES string of the molecule is CC.CC(O)c1cccc(O)c1. The van der Waals surface area contributed by atoms with Gasteiger partial charge in [-0.2, -0.15) is 0 Å². The number of phenolic OH excluding ortho intramolecular Hbond substituents is 1. The van der Waals surface area contributed by atoms with E-state index in [1.165, 1.54) is 0 Å². The first kappa shape index (κ1) is 11.0. The van der Waals surface area contributed by atoms with Crippen LogP contribution in [0.2, 0.25) is 0 Å². The Kier molecular flexibility index (Phi) is 5.13. The molecule has 0 aromatic heterocycles. The van der Waals surface area contributed by atoms with Crippen LogP contribution in [0, 0.1) is 0 Å². The van der Waals surface area contributed by atoms with E-state index < -0.39 is 6.10 Å². The monoisotopic (exact) mass is 168 g/mol. The number of aliphatic hydroxyl groups is 1. The van der Waals surface area contributed by atoms with Crippen molar-refractivity contribution in [2.45, 2.75) is 26.9 Å². The van der Waals surface area contributed by atoms with Gasteiger partial charge in [-0.3, -0.25) is 0 Å². The standard InChI is InChI=1S/C8H10O2.C2H6/c1-6(9)7-3-2-4-8(10)5-7;1-2/h2-6,9-10H,1H3;1-2H3. The zero-order valence-corrected chi connectivity index (χ0v) is 7.78. The molecule has 12 heavy (non-hydrogen) atoms. The minimum atomic E-state index is -0.507. The third kappa shape index (κ3) is 3.39. The molecule has 1 atom stereocenters. The number of rotatable bonds is 1. The molecular formula is C10H16O2. The van der Waals surface area contributed by atoms with E-state index in [4.69, 9.17) is 10.2 Å². The van der Waals surface area contributed by atoms with Gasteiger partial charge in [0.25, 0.3) is 0 Å². The van der Waals surface area contributed by atoms with E-state index in [1.807, 2.05) is 13.8 Å². The van der Waals surface area contributed by atoms with E-state index in [-0.39, 0.29) is 5.75 Å². The molecule has 0 amide bonds. The molecule has 0 spiro atoms.